The third kappa shape index (κ3) is 5.95. The van der Waals surface area contributed by atoms with E-state index in [2.05, 4.69) is 20.2 Å². The standard InChI is InChI=1S/C22H20F3N7O2.2C2H6/c1-14-6-7-15(34-20-19-27-12-18(22(23,24)25)30(19)11-10-26-20)13-31(14)21(33)16-4-2-3-5-17(16)32-28-8-9-29-32;2*1-2/h2-5,8-12,14-15H,6-7,13H2,1H3;2*1-2H3/t14-,15-;;/m1../s1. The van der Waals surface area contributed by atoms with Crippen molar-refractivity contribution >= 4 is 11.6 Å². The second-order valence-electron chi connectivity index (χ2n) is 8.03. The number of hydrogen-bond donors (Lipinski definition) is 0. The summed E-state index contributed by atoms with van der Waals surface area (Å²) in [6.45, 7) is 10.2. The molecule has 1 aromatic carbocycles. The number of carbonyl (C=O) groups is 1. The van der Waals surface area contributed by atoms with Crippen molar-refractivity contribution in [2.45, 2.75) is 65.8 Å². The highest BCUT2D eigenvalue weighted by atomic mass is 19.4. The van der Waals surface area contributed by atoms with Gasteiger partial charge in [0.05, 0.1) is 36.4 Å². The number of aromatic nitrogens is 6. The summed E-state index contributed by atoms with van der Waals surface area (Å²) in [4.78, 5) is 24.5. The predicted molar refractivity (Wildman–Crippen MR) is 136 cm³/mol. The van der Waals surface area contributed by atoms with Gasteiger partial charge in [0.15, 0.2) is 0 Å². The van der Waals surface area contributed by atoms with Crippen LogP contribution in [0.4, 0.5) is 13.2 Å². The molecule has 4 aromatic rings. The molecule has 3 aromatic heterocycles. The van der Waals surface area contributed by atoms with Gasteiger partial charge in [0, 0.05) is 18.4 Å². The number of amides is 1. The van der Waals surface area contributed by atoms with Crippen LogP contribution in [0.5, 0.6) is 5.88 Å². The molecule has 0 aliphatic carbocycles. The van der Waals surface area contributed by atoms with E-state index >= 15 is 0 Å². The smallest absolute Gasteiger partial charge is 0.433 e. The van der Waals surface area contributed by atoms with Crippen LogP contribution in [0, 0.1) is 0 Å². The molecule has 1 fully saturated rings. The number of ether oxygens (including phenoxy) is 1. The Morgan fingerprint density at radius 2 is 1.68 bits per heavy atom. The first-order valence-electron chi connectivity index (χ1n) is 12.7. The molecule has 12 heteroatoms. The fraction of sp³-hybridized carbons (Fsp3) is 0.423. The normalized spacial score (nSPS) is 17.2. The van der Waals surface area contributed by atoms with Crippen molar-refractivity contribution in [3.63, 3.8) is 0 Å². The van der Waals surface area contributed by atoms with Crippen molar-refractivity contribution in [2.75, 3.05) is 6.54 Å². The molecule has 1 aliphatic rings. The summed E-state index contributed by atoms with van der Waals surface area (Å²) in [6, 6.07) is 6.98. The minimum atomic E-state index is -4.56. The minimum absolute atomic E-state index is 0.00825. The highest BCUT2D eigenvalue weighted by Gasteiger charge is 2.36. The summed E-state index contributed by atoms with van der Waals surface area (Å²) >= 11 is 0. The van der Waals surface area contributed by atoms with E-state index in [0.717, 1.165) is 10.6 Å². The van der Waals surface area contributed by atoms with Crippen LogP contribution in [0.15, 0.2) is 55.2 Å². The third-order valence-corrected chi connectivity index (χ3v) is 5.83. The summed E-state index contributed by atoms with van der Waals surface area (Å²) in [7, 11) is 0. The van der Waals surface area contributed by atoms with Gasteiger partial charge in [0.25, 0.3) is 11.8 Å². The molecule has 0 N–H and O–H groups in total. The molecule has 204 valence electrons. The number of para-hydroxylation sites is 1. The van der Waals surface area contributed by atoms with Crippen LogP contribution in [0.2, 0.25) is 0 Å². The van der Waals surface area contributed by atoms with Crippen molar-refractivity contribution in [2.24, 2.45) is 0 Å². The van der Waals surface area contributed by atoms with Gasteiger partial charge >= 0.3 is 6.18 Å². The lowest BCUT2D eigenvalue weighted by atomic mass is 9.99. The average Bonchev–Trinajstić information content (AvgIpc) is 3.63. The molecule has 1 amide bonds. The summed E-state index contributed by atoms with van der Waals surface area (Å²) in [5, 5.41) is 8.25. The van der Waals surface area contributed by atoms with Crippen molar-refractivity contribution in [3.8, 4) is 11.6 Å². The first-order valence-corrected chi connectivity index (χ1v) is 12.7. The fourth-order valence-corrected chi connectivity index (χ4v) is 4.12. The van der Waals surface area contributed by atoms with E-state index in [-0.39, 0.29) is 30.0 Å². The molecular formula is C26H32F3N7O2. The molecule has 0 unspecified atom stereocenters. The monoisotopic (exact) mass is 531 g/mol. The Morgan fingerprint density at radius 3 is 2.37 bits per heavy atom. The van der Waals surface area contributed by atoms with Crippen LogP contribution in [0.1, 0.15) is 63.5 Å². The van der Waals surface area contributed by atoms with Gasteiger partial charge in [-0.2, -0.15) is 28.2 Å². The molecule has 9 nitrogen and oxygen atoms in total. The number of halogens is 3. The largest absolute Gasteiger partial charge is 0.470 e. The number of fused-ring (bicyclic) bond motifs is 1. The number of piperidine rings is 1. The lowest BCUT2D eigenvalue weighted by molar-refractivity contribution is -0.141. The molecular weight excluding hydrogens is 499 g/mol. The number of imidazole rings is 1. The highest BCUT2D eigenvalue weighted by Crippen LogP contribution is 2.32. The van der Waals surface area contributed by atoms with E-state index in [1.165, 1.54) is 29.6 Å². The number of nitrogens with zero attached hydrogens (tertiary/aromatic N) is 7. The van der Waals surface area contributed by atoms with Crippen molar-refractivity contribution < 1.29 is 22.7 Å². The number of rotatable bonds is 4. The van der Waals surface area contributed by atoms with Crippen molar-refractivity contribution in [3.05, 3.63) is 66.5 Å². The molecule has 0 bridgehead atoms. The summed E-state index contributed by atoms with van der Waals surface area (Å²) < 4.78 is 46.6. The van der Waals surface area contributed by atoms with E-state index in [1.54, 1.807) is 29.2 Å². The molecule has 0 radical (unpaired) electrons. The van der Waals surface area contributed by atoms with E-state index in [1.807, 2.05) is 34.6 Å². The van der Waals surface area contributed by atoms with Gasteiger partial charge in [-0.1, -0.05) is 39.8 Å². The van der Waals surface area contributed by atoms with E-state index in [9.17, 15) is 18.0 Å². The topological polar surface area (TPSA) is 90.4 Å². The Balaban J connectivity index is 0.000000956. The number of carbonyl (C=O) groups excluding carboxylic acids is 1. The second kappa shape index (κ2) is 12.5. The van der Waals surface area contributed by atoms with Gasteiger partial charge in [-0.25, -0.2) is 9.97 Å². The highest BCUT2D eigenvalue weighted by molar-refractivity contribution is 5.98. The second-order valence-corrected chi connectivity index (χ2v) is 8.03. The first kappa shape index (κ1) is 28.6. The van der Waals surface area contributed by atoms with Crippen LogP contribution in [-0.4, -0.2) is 58.9 Å². The van der Waals surface area contributed by atoms with Crippen molar-refractivity contribution in [1.29, 1.82) is 0 Å². The van der Waals surface area contributed by atoms with E-state index < -0.39 is 18.0 Å². The van der Waals surface area contributed by atoms with Gasteiger partial charge in [-0.05, 0) is 31.9 Å². The van der Waals surface area contributed by atoms with Crippen LogP contribution >= 0.6 is 0 Å². The zero-order valence-corrected chi connectivity index (χ0v) is 22.1. The summed E-state index contributed by atoms with van der Waals surface area (Å²) in [5.41, 5.74) is 0.0554. The van der Waals surface area contributed by atoms with Crippen LogP contribution in [0.25, 0.3) is 11.3 Å². The van der Waals surface area contributed by atoms with Gasteiger partial charge in [0.1, 0.15) is 11.8 Å². The zero-order valence-electron chi connectivity index (χ0n) is 22.1. The Bertz CT molecular complexity index is 1320. The van der Waals surface area contributed by atoms with Gasteiger partial charge in [-0.15, -0.1) is 0 Å². The minimum Gasteiger partial charge on any atom is -0.470 e. The Kier molecular flexibility index (Phi) is 9.43. The van der Waals surface area contributed by atoms with Crippen LogP contribution in [-0.2, 0) is 6.18 Å². The Labute approximate surface area is 219 Å². The molecule has 2 atom stereocenters. The maximum absolute atomic E-state index is 13.5. The number of benzene rings is 1. The van der Waals surface area contributed by atoms with Crippen LogP contribution < -0.4 is 4.74 Å². The molecule has 5 rings (SSSR count). The maximum Gasteiger partial charge on any atom is 0.433 e. The van der Waals surface area contributed by atoms with E-state index in [0.29, 0.717) is 24.1 Å². The predicted octanol–water partition coefficient (Wildman–Crippen LogP) is 5.45. The molecule has 0 spiro atoms. The fourth-order valence-electron chi connectivity index (χ4n) is 4.12. The third-order valence-electron chi connectivity index (χ3n) is 5.83. The molecule has 4 heterocycles. The lowest BCUT2D eigenvalue weighted by Gasteiger charge is -2.38. The van der Waals surface area contributed by atoms with Gasteiger partial charge < -0.3 is 9.64 Å². The quantitative estimate of drug-likeness (QED) is 0.348. The Hall–Kier alpha value is -3.96. The molecule has 1 aliphatic heterocycles. The molecule has 0 saturated carbocycles. The lowest BCUT2D eigenvalue weighted by Crippen LogP contribution is -2.49. The first-order chi connectivity index (χ1) is 18.3. The maximum atomic E-state index is 13.5. The molecule has 1 saturated heterocycles. The number of hydrogen-bond acceptors (Lipinski definition) is 6. The summed E-state index contributed by atoms with van der Waals surface area (Å²) in [5.74, 6) is -0.217. The average molecular weight is 532 g/mol. The van der Waals surface area contributed by atoms with E-state index in [4.69, 9.17) is 4.74 Å². The van der Waals surface area contributed by atoms with Crippen molar-refractivity contribution in [1.82, 2.24) is 34.3 Å². The van der Waals surface area contributed by atoms with Crippen LogP contribution in [0.3, 0.4) is 0 Å². The number of alkyl halides is 3. The summed E-state index contributed by atoms with van der Waals surface area (Å²) in [6.07, 6.45) is 2.50. The SMILES string of the molecule is CC.CC.C[C@@H]1CC[C@@H](Oc2nccn3c(C(F)(F)F)cnc23)CN1C(=O)c1ccccc1-n1nccn1. The van der Waals surface area contributed by atoms with Gasteiger partial charge in [-0.3, -0.25) is 9.20 Å². The zero-order chi connectivity index (χ0) is 27.9. The Morgan fingerprint density at radius 1 is 1.00 bits per heavy atom. The van der Waals surface area contributed by atoms with Gasteiger partial charge in [0.2, 0.25) is 5.65 Å². The number of likely N-dealkylation sites (tertiary alicyclic amines) is 1. The molecule has 38 heavy (non-hydrogen) atoms.